The predicted octanol–water partition coefficient (Wildman–Crippen LogP) is 2.62. The SMILES string of the molecule is CCCOc1ccc(C(=O)NC(=S)Nc2ccc(Cl)c(C(=O)[O-])c2)cc1. The number of hydrogen-bond donors (Lipinski definition) is 2. The molecule has 0 spiro atoms. The molecule has 8 heteroatoms. The first-order valence-corrected chi connectivity index (χ1v) is 8.55. The molecule has 0 heterocycles. The molecule has 1 amide bonds. The Morgan fingerprint density at radius 3 is 2.50 bits per heavy atom. The molecule has 0 atom stereocenters. The highest BCUT2D eigenvalue weighted by atomic mass is 35.5. The first kappa shape index (κ1) is 19.7. The summed E-state index contributed by atoms with van der Waals surface area (Å²) < 4.78 is 5.46. The number of amides is 1. The number of hydrogen-bond acceptors (Lipinski definition) is 5. The van der Waals surface area contributed by atoms with Gasteiger partial charge in [0.1, 0.15) is 5.75 Å². The number of rotatable bonds is 6. The van der Waals surface area contributed by atoms with Gasteiger partial charge < -0.3 is 20.0 Å². The van der Waals surface area contributed by atoms with E-state index in [0.29, 0.717) is 23.6 Å². The molecule has 2 rings (SSSR count). The van der Waals surface area contributed by atoms with Crippen molar-refractivity contribution >= 4 is 46.5 Å². The van der Waals surface area contributed by atoms with Crippen LogP contribution in [0.25, 0.3) is 0 Å². The fourth-order valence-electron chi connectivity index (χ4n) is 2.02. The second-order valence-electron chi connectivity index (χ2n) is 5.26. The van der Waals surface area contributed by atoms with E-state index in [1.165, 1.54) is 18.2 Å². The molecular formula is C18H16ClN2O4S-. The Morgan fingerprint density at radius 1 is 1.19 bits per heavy atom. The molecule has 0 fully saturated rings. The molecule has 0 aliphatic rings. The Labute approximate surface area is 161 Å². The number of carbonyl (C=O) groups is 2. The van der Waals surface area contributed by atoms with Gasteiger partial charge in [0.15, 0.2) is 5.11 Å². The van der Waals surface area contributed by atoms with Crippen LogP contribution in [0.4, 0.5) is 5.69 Å². The van der Waals surface area contributed by atoms with Crippen LogP contribution in [0.1, 0.15) is 34.1 Å². The highest BCUT2D eigenvalue weighted by Crippen LogP contribution is 2.20. The van der Waals surface area contributed by atoms with Crippen LogP contribution in [0.3, 0.4) is 0 Å². The second-order valence-corrected chi connectivity index (χ2v) is 6.08. The fraction of sp³-hybridized carbons (Fsp3) is 0.167. The van der Waals surface area contributed by atoms with E-state index in [1.54, 1.807) is 24.3 Å². The molecule has 0 aromatic heterocycles. The number of carbonyl (C=O) groups excluding carboxylic acids is 2. The van der Waals surface area contributed by atoms with Crippen LogP contribution < -0.4 is 20.5 Å². The monoisotopic (exact) mass is 391 g/mol. The topological polar surface area (TPSA) is 90.5 Å². The van der Waals surface area contributed by atoms with Crippen LogP contribution in [0, 0.1) is 0 Å². The summed E-state index contributed by atoms with van der Waals surface area (Å²) in [7, 11) is 0. The lowest BCUT2D eigenvalue weighted by Crippen LogP contribution is -2.34. The number of nitrogens with one attached hydrogen (secondary N) is 2. The summed E-state index contributed by atoms with van der Waals surface area (Å²) in [5.74, 6) is -1.13. The van der Waals surface area contributed by atoms with Crippen LogP contribution in [-0.4, -0.2) is 23.6 Å². The highest BCUT2D eigenvalue weighted by molar-refractivity contribution is 7.80. The average molecular weight is 392 g/mol. The van der Waals surface area contributed by atoms with Gasteiger partial charge in [-0.1, -0.05) is 18.5 Å². The van der Waals surface area contributed by atoms with E-state index in [1.807, 2.05) is 6.92 Å². The number of anilines is 1. The van der Waals surface area contributed by atoms with Gasteiger partial charge in [-0.3, -0.25) is 10.1 Å². The summed E-state index contributed by atoms with van der Waals surface area (Å²) in [4.78, 5) is 23.2. The molecule has 2 aromatic carbocycles. The first-order chi connectivity index (χ1) is 12.4. The van der Waals surface area contributed by atoms with Crippen molar-refractivity contribution in [2.24, 2.45) is 0 Å². The standard InChI is InChI=1S/C18H17ClN2O4S/c1-2-9-25-13-6-3-11(4-7-13)16(22)21-18(26)20-12-5-8-15(19)14(10-12)17(23)24/h3-8,10H,2,9H2,1H3,(H,23,24)(H2,20,21,22,26)/p-1. The summed E-state index contributed by atoms with van der Waals surface area (Å²) in [5, 5.41) is 16.3. The van der Waals surface area contributed by atoms with Crippen molar-refractivity contribution in [3.05, 3.63) is 58.6 Å². The van der Waals surface area contributed by atoms with E-state index in [9.17, 15) is 14.7 Å². The van der Waals surface area contributed by atoms with Crippen molar-refractivity contribution < 1.29 is 19.4 Å². The van der Waals surface area contributed by atoms with E-state index in [2.05, 4.69) is 10.6 Å². The van der Waals surface area contributed by atoms with Gasteiger partial charge in [0, 0.05) is 21.8 Å². The third kappa shape index (κ3) is 5.44. The van der Waals surface area contributed by atoms with Crippen molar-refractivity contribution in [3.8, 4) is 5.75 Å². The normalized spacial score (nSPS) is 10.1. The van der Waals surface area contributed by atoms with Crippen molar-refractivity contribution in [3.63, 3.8) is 0 Å². The number of benzene rings is 2. The molecule has 136 valence electrons. The van der Waals surface area contributed by atoms with Crippen LogP contribution >= 0.6 is 23.8 Å². The average Bonchev–Trinajstić information content (AvgIpc) is 2.61. The maximum Gasteiger partial charge on any atom is 0.257 e. The van der Waals surface area contributed by atoms with Gasteiger partial charge in [-0.25, -0.2) is 0 Å². The maximum atomic E-state index is 12.2. The Hall–Kier alpha value is -2.64. The zero-order chi connectivity index (χ0) is 19.1. The number of ether oxygens (including phenoxy) is 1. The van der Waals surface area contributed by atoms with Gasteiger partial charge in [0.05, 0.1) is 12.6 Å². The molecule has 0 saturated heterocycles. The lowest BCUT2D eigenvalue weighted by Gasteiger charge is -2.12. The second kappa shape index (κ2) is 9.17. The van der Waals surface area contributed by atoms with Gasteiger partial charge in [-0.15, -0.1) is 0 Å². The smallest absolute Gasteiger partial charge is 0.257 e. The quantitative estimate of drug-likeness (QED) is 0.735. The van der Waals surface area contributed by atoms with Gasteiger partial charge >= 0.3 is 0 Å². The third-order valence-electron chi connectivity index (χ3n) is 3.26. The summed E-state index contributed by atoms with van der Waals surface area (Å²) in [5.41, 5.74) is 0.597. The molecule has 0 aliphatic heterocycles. The first-order valence-electron chi connectivity index (χ1n) is 7.76. The minimum absolute atomic E-state index is 0.0212. The summed E-state index contributed by atoms with van der Waals surface area (Å²) in [6.07, 6.45) is 0.895. The molecular weight excluding hydrogens is 376 g/mol. The zero-order valence-electron chi connectivity index (χ0n) is 13.9. The van der Waals surface area contributed by atoms with Crippen molar-refractivity contribution in [2.75, 3.05) is 11.9 Å². The van der Waals surface area contributed by atoms with Gasteiger partial charge in [0.2, 0.25) is 0 Å². The Morgan fingerprint density at radius 2 is 1.88 bits per heavy atom. The summed E-state index contributed by atoms with van der Waals surface area (Å²) >= 11 is 10.8. The van der Waals surface area contributed by atoms with Crippen molar-refractivity contribution in [1.82, 2.24) is 5.32 Å². The van der Waals surface area contributed by atoms with Gasteiger partial charge in [-0.2, -0.15) is 0 Å². The highest BCUT2D eigenvalue weighted by Gasteiger charge is 2.09. The fourth-order valence-corrected chi connectivity index (χ4v) is 2.42. The lowest BCUT2D eigenvalue weighted by atomic mass is 10.2. The molecule has 0 unspecified atom stereocenters. The zero-order valence-corrected chi connectivity index (χ0v) is 15.4. The van der Waals surface area contributed by atoms with Crippen molar-refractivity contribution in [2.45, 2.75) is 13.3 Å². The molecule has 0 radical (unpaired) electrons. The third-order valence-corrected chi connectivity index (χ3v) is 3.79. The lowest BCUT2D eigenvalue weighted by molar-refractivity contribution is -0.255. The molecule has 0 saturated carbocycles. The predicted molar refractivity (Wildman–Crippen MR) is 102 cm³/mol. The Bertz CT molecular complexity index is 824. The van der Waals surface area contributed by atoms with Crippen molar-refractivity contribution in [1.29, 1.82) is 0 Å². The van der Waals surface area contributed by atoms with Gasteiger partial charge in [-0.05, 0) is 61.1 Å². The van der Waals surface area contributed by atoms with Crippen LogP contribution in [0.15, 0.2) is 42.5 Å². The molecule has 26 heavy (non-hydrogen) atoms. The minimum Gasteiger partial charge on any atom is -0.545 e. The van der Waals surface area contributed by atoms with E-state index in [4.69, 9.17) is 28.6 Å². The summed E-state index contributed by atoms with van der Waals surface area (Å²) in [6.45, 7) is 2.61. The molecule has 2 aromatic rings. The Balaban J connectivity index is 1.98. The summed E-state index contributed by atoms with van der Waals surface area (Å²) in [6, 6.07) is 10.9. The van der Waals surface area contributed by atoms with Crippen LogP contribution in [0.2, 0.25) is 5.02 Å². The number of carboxylic acid groups (broad SMARTS) is 1. The minimum atomic E-state index is -1.40. The number of carboxylic acids is 1. The van der Waals surface area contributed by atoms with Crippen LogP contribution in [-0.2, 0) is 0 Å². The van der Waals surface area contributed by atoms with Gasteiger partial charge in [0.25, 0.3) is 5.91 Å². The molecule has 0 bridgehead atoms. The largest absolute Gasteiger partial charge is 0.545 e. The van der Waals surface area contributed by atoms with E-state index in [-0.39, 0.29) is 15.7 Å². The molecule has 2 N–H and O–H groups in total. The number of aromatic carboxylic acids is 1. The molecule has 0 aliphatic carbocycles. The van der Waals surface area contributed by atoms with E-state index in [0.717, 1.165) is 6.42 Å². The Kier molecular flexibility index (Phi) is 6.94. The molecule has 6 nitrogen and oxygen atoms in total. The number of halogens is 1. The van der Waals surface area contributed by atoms with Crippen LogP contribution in [0.5, 0.6) is 5.75 Å². The van der Waals surface area contributed by atoms with E-state index >= 15 is 0 Å². The maximum absolute atomic E-state index is 12.2. The van der Waals surface area contributed by atoms with E-state index < -0.39 is 11.9 Å². The number of thiocarbonyl (C=S) groups is 1.